The van der Waals surface area contributed by atoms with Crippen LogP contribution in [0.15, 0.2) is 41.3 Å². The van der Waals surface area contributed by atoms with Crippen LogP contribution >= 0.6 is 11.3 Å². The highest BCUT2D eigenvalue weighted by Gasteiger charge is 2.22. The summed E-state index contributed by atoms with van der Waals surface area (Å²) in [5, 5.41) is 2.03. The zero-order chi connectivity index (χ0) is 13.2. The lowest BCUT2D eigenvalue weighted by Crippen LogP contribution is -2.14. The van der Waals surface area contributed by atoms with E-state index in [4.69, 9.17) is 4.74 Å². The molecule has 0 radical (unpaired) electrons. The van der Waals surface area contributed by atoms with Gasteiger partial charge in [0.05, 0.1) is 7.11 Å². The number of Topliss-reactive ketones (excluding diaryl/α,β-unsaturated/α-hetero) is 1. The van der Waals surface area contributed by atoms with Crippen LogP contribution in [0, 0.1) is 0 Å². The summed E-state index contributed by atoms with van der Waals surface area (Å²) < 4.78 is 5.20. The predicted molar refractivity (Wildman–Crippen MR) is 77.9 cm³/mol. The Morgan fingerprint density at radius 3 is 2.89 bits per heavy atom. The smallest absolute Gasteiger partial charge is 0.189 e. The van der Waals surface area contributed by atoms with Crippen LogP contribution in [0.4, 0.5) is 0 Å². The largest absolute Gasteiger partial charge is 0.497 e. The average molecular weight is 270 g/mol. The molecule has 0 unspecified atom stereocenters. The number of fused-ring (bicyclic) bond motifs is 1. The van der Waals surface area contributed by atoms with E-state index in [1.807, 2.05) is 41.8 Å². The number of ketones is 1. The number of ether oxygens (including phenoxy) is 1. The lowest BCUT2D eigenvalue weighted by molar-refractivity contribution is 0.102. The van der Waals surface area contributed by atoms with Gasteiger partial charge in [0.2, 0.25) is 0 Å². The van der Waals surface area contributed by atoms with Crippen LogP contribution in [0.25, 0.3) is 6.08 Å². The maximum atomic E-state index is 12.4. The molecule has 1 aliphatic rings. The lowest BCUT2D eigenvalue weighted by Gasteiger charge is -2.18. The van der Waals surface area contributed by atoms with Crippen molar-refractivity contribution in [1.82, 2.24) is 0 Å². The first-order valence-electron chi connectivity index (χ1n) is 6.23. The number of allylic oxidation sites excluding steroid dienone is 1. The minimum atomic E-state index is 0.150. The van der Waals surface area contributed by atoms with E-state index in [1.165, 1.54) is 0 Å². The molecular formula is C16H14O2S. The third-order valence-electron chi connectivity index (χ3n) is 3.37. The molecular weight excluding hydrogens is 256 g/mol. The molecule has 0 spiro atoms. The third-order valence-corrected chi connectivity index (χ3v) is 4.19. The molecule has 0 atom stereocenters. The van der Waals surface area contributed by atoms with Gasteiger partial charge in [-0.1, -0.05) is 6.07 Å². The Morgan fingerprint density at radius 1 is 1.26 bits per heavy atom. The van der Waals surface area contributed by atoms with Gasteiger partial charge in [0.25, 0.3) is 0 Å². The minimum absolute atomic E-state index is 0.150. The van der Waals surface area contributed by atoms with Crippen molar-refractivity contribution in [3.63, 3.8) is 0 Å². The topological polar surface area (TPSA) is 26.3 Å². The second kappa shape index (κ2) is 5.02. The van der Waals surface area contributed by atoms with Crippen molar-refractivity contribution >= 4 is 23.2 Å². The Hall–Kier alpha value is -1.87. The number of hydrogen-bond donors (Lipinski definition) is 0. The highest BCUT2D eigenvalue weighted by Crippen LogP contribution is 2.29. The van der Waals surface area contributed by atoms with Gasteiger partial charge in [0.15, 0.2) is 5.78 Å². The van der Waals surface area contributed by atoms with Crippen LogP contribution in [-0.2, 0) is 6.42 Å². The Morgan fingerprint density at radius 2 is 2.16 bits per heavy atom. The number of carbonyl (C=O) groups is 1. The Balaban J connectivity index is 1.96. The zero-order valence-electron chi connectivity index (χ0n) is 10.7. The molecule has 0 aliphatic heterocycles. The SMILES string of the molecule is COc1ccc2c(c1)CCC(=Cc1cccs1)C2=O. The van der Waals surface area contributed by atoms with Gasteiger partial charge in [0, 0.05) is 16.0 Å². The number of carbonyl (C=O) groups excluding carboxylic acids is 1. The van der Waals surface area contributed by atoms with E-state index in [1.54, 1.807) is 18.4 Å². The van der Waals surface area contributed by atoms with E-state index in [9.17, 15) is 4.79 Å². The molecule has 0 N–H and O–H groups in total. The van der Waals surface area contributed by atoms with Crippen molar-refractivity contribution < 1.29 is 9.53 Å². The third kappa shape index (κ3) is 2.34. The number of methoxy groups -OCH3 is 1. The summed E-state index contributed by atoms with van der Waals surface area (Å²) in [5.74, 6) is 0.967. The minimum Gasteiger partial charge on any atom is -0.497 e. The maximum absolute atomic E-state index is 12.4. The summed E-state index contributed by atoms with van der Waals surface area (Å²) in [6, 6.07) is 9.73. The molecule has 1 aliphatic carbocycles. The highest BCUT2D eigenvalue weighted by atomic mass is 32.1. The predicted octanol–water partition coefficient (Wildman–Crippen LogP) is 3.97. The van der Waals surface area contributed by atoms with Gasteiger partial charge in [0.1, 0.15) is 5.75 Å². The fraction of sp³-hybridized carbons (Fsp3) is 0.188. The summed E-state index contributed by atoms with van der Waals surface area (Å²) >= 11 is 1.66. The molecule has 2 nitrogen and oxygen atoms in total. The van der Waals surface area contributed by atoms with Crippen molar-refractivity contribution in [2.75, 3.05) is 7.11 Å². The highest BCUT2D eigenvalue weighted by molar-refractivity contribution is 7.10. The summed E-state index contributed by atoms with van der Waals surface area (Å²) in [6.45, 7) is 0. The van der Waals surface area contributed by atoms with Gasteiger partial charge in [-0.05, 0) is 54.1 Å². The monoisotopic (exact) mass is 270 g/mol. The molecule has 2 aromatic rings. The quantitative estimate of drug-likeness (QED) is 0.772. The van der Waals surface area contributed by atoms with Gasteiger partial charge < -0.3 is 4.74 Å². The number of hydrogen-bond acceptors (Lipinski definition) is 3. The Bertz CT molecular complexity index is 639. The van der Waals surface area contributed by atoms with Crippen molar-refractivity contribution in [3.05, 3.63) is 57.3 Å². The Labute approximate surface area is 116 Å². The van der Waals surface area contributed by atoms with Gasteiger partial charge in [-0.25, -0.2) is 0 Å². The van der Waals surface area contributed by atoms with Crippen LogP contribution in [0.1, 0.15) is 27.2 Å². The first-order chi connectivity index (χ1) is 9.28. The molecule has 0 saturated heterocycles. The first-order valence-corrected chi connectivity index (χ1v) is 7.11. The summed E-state index contributed by atoms with van der Waals surface area (Å²) in [5.41, 5.74) is 2.81. The van der Waals surface area contributed by atoms with Crippen LogP contribution in [0.2, 0.25) is 0 Å². The van der Waals surface area contributed by atoms with Crippen molar-refractivity contribution in [1.29, 1.82) is 0 Å². The molecule has 0 fully saturated rings. The average Bonchev–Trinajstić information content (AvgIpc) is 2.94. The number of rotatable bonds is 2. The zero-order valence-corrected chi connectivity index (χ0v) is 11.5. The number of thiophene rings is 1. The molecule has 1 heterocycles. The fourth-order valence-electron chi connectivity index (χ4n) is 2.36. The number of benzene rings is 1. The molecule has 3 rings (SSSR count). The van der Waals surface area contributed by atoms with Gasteiger partial charge in [-0.3, -0.25) is 4.79 Å². The molecule has 0 saturated carbocycles. The lowest BCUT2D eigenvalue weighted by atomic mass is 9.86. The molecule has 0 amide bonds. The van der Waals surface area contributed by atoms with Crippen LogP contribution in [0.3, 0.4) is 0 Å². The fourth-order valence-corrected chi connectivity index (χ4v) is 3.05. The molecule has 96 valence electrons. The van der Waals surface area contributed by atoms with Crippen molar-refractivity contribution in [2.45, 2.75) is 12.8 Å². The maximum Gasteiger partial charge on any atom is 0.189 e. The van der Waals surface area contributed by atoms with E-state index < -0.39 is 0 Å². The van der Waals surface area contributed by atoms with Crippen LogP contribution in [-0.4, -0.2) is 12.9 Å². The van der Waals surface area contributed by atoms with Crippen LogP contribution < -0.4 is 4.74 Å². The van der Waals surface area contributed by atoms with E-state index in [-0.39, 0.29) is 5.78 Å². The second-order valence-electron chi connectivity index (χ2n) is 4.54. The van der Waals surface area contributed by atoms with E-state index in [2.05, 4.69) is 0 Å². The van der Waals surface area contributed by atoms with E-state index in [0.717, 1.165) is 40.2 Å². The van der Waals surface area contributed by atoms with Crippen molar-refractivity contribution in [2.24, 2.45) is 0 Å². The molecule has 0 bridgehead atoms. The first kappa shape index (κ1) is 12.2. The molecule has 1 aromatic carbocycles. The van der Waals surface area contributed by atoms with Crippen molar-refractivity contribution in [3.8, 4) is 5.75 Å². The number of aryl methyl sites for hydroxylation is 1. The van der Waals surface area contributed by atoms with E-state index in [0.29, 0.717) is 0 Å². The summed E-state index contributed by atoms with van der Waals surface area (Å²) in [4.78, 5) is 13.6. The molecule has 19 heavy (non-hydrogen) atoms. The van der Waals surface area contributed by atoms with Gasteiger partial charge in [-0.15, -0.1) is 11.3 Å². The van der Waals surface area contributed by atoms with Crippen LogP contribution in [0.5, 0.6) is 5.75 Å². The standard InChI is InChI=1S/C16H14O2S/c1-18-13-6-7-15-11(9-13)4-5-12(16(15)17)10-14-3-2-8-19-14/h2-3,6-10H,4-5H2,1H3. The van der Waals surface area contributed by atoms with Gasteiger partial charge in [-0.2, -0.15) is 0 Å². The summed E-state index contributed by atoms with van der Waals surface area (Å²) in [7, 11) is 1.65. The normalized spacial score (nSPS) is 16.5. The molecule has 1 aromatic heterocycles. The van der Waals surface area contributed by atoms with Gasteiger partial charge >= 0.3 is 0 Å². The van der Waals surface area contributed by atoms with E-state index >= 15 is 0 Å². The second-order valence-corrected chi connectivity index (χ2v) is 5.52. The summed E-state index contributed by atoms with van der Waals surface area (Å²) in [6.07, 6.45) is 3.71. The Kier molecular flexibility index (Phi) is 3.22. The molecule has 3 heteroatoms.